The smallest absolute Gasteiger partial charge is 0.275 e. The van der Waals surface area contributed by atoms with Gasteiger partial charge in [-0.2, -0.15) is 4.98 Å². The number of rotatable bonds is 4. The topological polar surface area (TPSA) is 77.0 Å². The lowest BCUT2D eigenvalue weighted by Gasteiger charge is -2.10. The molecule has 0 saturated carbocycles. The SMILES string of the molecule is C/C(Nc1ccccc1Br)=C(/N)c1nc(-c2cc(F)ccc2F)no1. The van der Waals surface area contributed by atoms with Gasteiger partial charge in [-0.15, -0.1) is 0 Å². The highest BCUT2D eigenvalue weighted by molar-refractivity contribution is 9.10. The van der Waals surface area contributed by atoms with Gasteiger partial charge in [0.15, 0.2) is 0 Å². The Labute approximate surface area is 150 Å². The zero-order valence-electron chi connectivity index (χ0n) is 13.1. The number of benzene rings is 2. The Morgan fingerprint density at radius 1 is 1.20 bits per heavy atom. The zero-order chi connectivity index (χ0) is 18.0. The van der Waals surface area contributed by atoms with Gasteiger partial charge in [0.1, 0.15) is 17.3 Å². The highest BCUT2D eigenvalue weighted by atomic mass is 79.9. The number of para-hydroxylation sites is 1. The summed E-state index contributed by atoms with van der Waals surface area (Å²) in [6, 6.07) is 10.5. The van der Waals surface area contributed by atoms with Crippen molar-refractivity contribution in [2.24, 2.45) is 5.73 Å². The van der Waals surface area contributed by atoms with Crippen LogP contribution in [0, 0.1) is 11.6 Å². The molecule has 25 heavy (non-hydrogen) atoms. The van der Waals surface area contributed by atoms with E-state index < -0.39 is 11.6 Å². The molecular weight excluding hydrogens is 394 g/mol. The van der Waals surface area contributed by atoms with Gasteiger partial charge in [0.05, 0.1) is 11.3 Å². The van der Waals surface area contributed by atoms with Crippen molar-refractivity contribution in [2.45, 2.75) is 6.92 Å². The predicted octanol–water partition coefficient (Wildman–Crippen LogP) is 4.54. The number of anilines is 1. The van der Waals surface area contributed by atoms with E-state index in [0.717, 1.165) is 28.4 Å². The van der Waals surface area contributed by atoms with Crippen molar-refractivity contribution in [3.63, 3.8) is 0 Å². The average Bonchev–Trinajstić information content (AvgIpc) is 3.08. The van der Waals surface area contributed by atoms with Gasteiger partial charge in [0, 0.05) is 10.2 Å². The Balaban J connectivity index is 1.90. The molecule has 1 heterocycles. The molecule has 0 unspecified atom stereocenters. The van der Waals surface area contributed by atoms with Crippen molar-refractivity contribution in [3.05, 3.63) is 70.2 Å². The van der Waals surface area contributed by atoms with Crippen molar-refractivity contribution in [1.29, 1.82) is 0 Å². The van der Waals surface area contributed by atoms with Gasteiger partial charge in [0.2, 0.25) is 5.82 Å². The maximum absolute atomic E-state index is 13.8. The number of hydrogen-bond acceptors (Lipinski definition) is 5. The fraction of sp³-hybridized carbons (Fsp3) is 0.0588. The van der Waals surface area contributed by atoms with Crippen molar-refractivity contribution in [3.8, 4) is 11.4 Å². The van der Waals surface area contributed by atoms with Crippen molar-refractivity contribution < 1.29 is 13.3 Å². The highest BCUT2D eigenvalue weighted by Gasteiger charge is 2.16. The van der Waals surface area contributed by atoms with E-state index in [1.54, 1.807) is 6.92 Å². The summed E-state index contributed by atoms with van der Waals surface area (Å²) in [4.78, 5) is 4.05. The first-order chi connectivity index (χ1) is 12.0. The summed E-state index contributed by atoms with van der Waals surface area (Å²) in [6.45, 7) is 1.74. The minimum atomic E-state index is -0.653. The normalized spacial score (nSPS) is 12.0. The van der Waals surface area contributed by atoms with E-state index in [1.807, 2.05) is 24.3 Å². The second-order valence-electron chi connectivity index (χ2n) is 5.19. The van der Waals surface area contributed by atoms with Crippen LogP contribution in [0.5, 0.6) is 0 Å². The number of allylic oxidation sites excluding steroid dienone is 1. The van der Waals surface area contributed by atoms with Gasteiger partial charge in [0.25, 0.3) is 5.89 Å². The Hall–Kier alpha value is -2.74. The zero-order valence-corrected chi connectivity index (χ0v) is 14.6. The van der Waals surface area contributed by atoms with E-state index in [0.29, 0.717) is 5.70 Å². The van der Waals surface area contributed by atoms with Gasteiger partial charge >= 0.3 is 0 Å². The fourth-order valence-electron chi connectivity index (χ4n) is 2.10. The summed E-state index contributed by atoms with van der Waals surface area (Å²) in [5.41, 5.74) is 7.51. The standard InChI is InChI=1S/C17H13BrF2N4O/c1-9(22-14-5-3-2-4-12(14)18)15(21)17-23-16(24-25-17)11-8-10(19)6-7-13(11)20/h2-8,22H,21H2,1H3/b15-9-. The minimum Gasteiger partial charge on any atom is -0.393 e. The molecule has 8 heteroatoms. The van der Waals surface area contributed by atoms with E-state index in [2.05, 4.69) is 31.4 Å². The summed E-state index contributed by atoms with van der Waals surface area (Å²) < 4.78 is 33.0. The maximum atomic E-state index is 13.8. The molecule has 0 fully saturated rings. The lowest BCUT2D eigenvalue weighted by molar-refractivity contribution is 0.407. The molecule has 0 aliphatic heterocycles. The van der Waals surface area contributed by atoms with Crippen LogP contribution in [0.3, 0.4) is 0 Å². The van der Waals surface area contributed by atoms with Crippen LogP contribution in [0.2, 0.25) is 0 Å². The third-order valence-electron chi connectivity index (χ3n) is 3.43. The van der Waals surface area contributed by atoms with E-state index >= 15 is 0 Å². The summed E-state index contributed by atoms with van der Waals surface area (Å²) in [5.74, 6) is -1.32. The van der Waals surface area contributed by atoms with Crippen LogP contribution in [0.25, 0.3) is 17.1 Å². The lowest BCUT2D eigenvalue weighted by atomic mass is 10.2. The van der Waals surface area contributed by atoms with Crippen molar-refractivity contribution in [1.82, 2.24) is 10.1 Å². The number of hydrogen-bond donors (Lipinski definition) is 2. The number of halogens is 3. The molecule has 0 aliphatic rings. The molecule has 5 nitrogen and oxygen atoms in total. The van der Waals surface area contributed by atoms with Crippen LogP contribution in [0.4, 0.5) is 14.5 Å². The van der Waals surface area contributed by atoms with Crippen LogP contribution in [0.15, 0.2) is 57.2 Å². The van der Waals surface area contributed by atoms with Gasteiger partial charge in [-0.05, 0) is 53.2 Å². The Morgan fingerprint density at radius 2 is 1.96 bits per heavy atom. The molecule has 0 saturated heterocycles. The van der Waals surface area contributed by atoms with Crippen molar-refractivity contribution >= 4 is 27.3 Å². The molecule has 0 spiro atoms. The summed E-state index contributed by atoms with van der Waals surface area (Å²) >= 11 is 3.43. The monoisotopic (exact) mass is 406 g/mol. The van der Waals surface area contributed by atoms with Crippen LogP contribution in [-0.4, -0.2) is 10.1 Å². The largest absolute Gasteiger partial charge is 0.393 e. The molecular formula is C17H13BrF2N4O. The van der Waals surface area contributed by atoms with E-state index in [-0.39, 0.29) is 23.0 Å². The first kappa shape index (κ1) is 17.1. The molecule has 2 aromatic carbocycles. The second kappa shape index (κ2) is 7.02. The van der Waals surface area contributed by atoms with Gasteiger partial charge < -0.3 is 15.6 Å². The minimum absolute atomic E-state index is 0.00992. The molecule has 3 rings (SSSR count). The molecule has 0 bridgehead atoms. The van der Waals surface area contributed by atoms with Crippen LogP contribution in [0.1, 0.15) is 12.8 Å². The average molecular weight is 407 g/mol. The van der Waals surface area contributed by atoms with Crippen molar-refractivity contribution in [2.75, 3.05) is 5.32 Å². The van der Waals surface area contributed by atoms with Gasteiger partial charge in [-0.1, -0.05) is 17.3 Å². The number of nitrogens with one attached hydrogen (secondary N) is 1. The Kier molecular flexibility index (Phi) is 4.80. The highest BCUT2D eigenvalue weighted by Crippen LogP contribution is 2.25. The van der Waals surface area contributed by atoms with E-state index in [9.17, 15) is 8.78 Å². The third kappa shape index (κ3) is 3.69. The van der Waals surface area contributed by atoms with Crippen LogP contribution in [-0.2, 0) is 0 Å². The molecule has 0 amide bonds. The fourth-order valence-corrected chi connectivity index (χ4v) is 2.49. The quantitative estimate of drug-likeness (QED) is 0.664. The maximum Gasteiger partial charge on any atom is 0.275 e. The van der Waals surface area contributed by atoms with Crippen LogP contribution >= 0.6 is 15.9 Å². The van der Waals surface area contributed by atoms with E-state index in [1.165, 1.54) is 0 Å². The molecule has 0 radical (unpaired) electrons. The van der Waals surface area contributed by atoms with E-state index in [4.69, 9.17) is 10.3 Å². The number of nitrogens with two attached hydrogens (primary N) is 1. The Morgan fingerprint density at radius 3 is 2.72 bits per heavy atom. The number of nitrogens with zero attached hydrogens (tertiary/aromatic N) is 2. The molecule has 0 atom stereocenters. The van der Waals surface area contributed by atoms with Gasteiger partial charge in [-0.25, -0.2) is 8.78 Å². The third-order valence-corrected chi connectivity index (χ3v) is 4.12. The van der Waals surface area contributed by atoms with Crippen LogP contribution < -0.4 is 11.1 Å². The Bertz CT molecular complexity index is 955. The second-order valence-corrected chi connectivity index (χ2v) is 6.05. The predicted molar refractivity (Wildman–Crippen MR) is 94.2 cm³/mol. The molecule has 3 N–H and O–H groups in total. The molecule has 1 aromatic heterocycles. The first-order valence-electron chi connectivity index (χ1n) is 7.23. The number of aromatic nitrogens is 2. The molecule has 3 aromatic rings. The summed E-state index contributed by atoms with van der Waals surface area (Å²) in [5, 5.41) is 6.80. The van der Waals surface area contributed by atoms with Gasteiger partial charge in [-0.3, -0.25) is 0 Å². The summed E-state index contributed by atoms with van der Waals surface area (Å²) in [6.07, 6.45) is 0. The molecule has 0 aliphatic carbocycles. The summed E-state index contributed by atoms with van der Waals surface area (Å²) in [7, 11) is 0. The first-order valence-corrected chi connectivity index (χ1v) is 8.02. The molecule has 128 valence electrons. The lowest BCUT2D eigenvalue weighted by Crippen LogP contribution is -2.07.